The third-order valence-electron chi connectivity index (χ3n) is 6.03. The van der Waals surface area contributed by atoms with Gasteiger partial charge in [0.25, 0.3) is 5.56 Å². The number of aliphatic hydroxyl groups excluding tert-OH is 1. The van der Waals surface area contributed by atoms with E-state index in [9.17, 15) is 14.7 Å². The Labute approximate surface area is 203 Å². The topological polar surface area (TPSA) is 103 Å². The van der Waals surface area contributed by atoms with E-state index in [0.717, 1.165) is 28.5 Å². The second-order valence-electron chi connectivity index (χ2n) is 8.55. The monoisotopic (exact) mass is 477 g/mol. The van der Waals surface area contributed by atoms with E-state index in [0.29, 0.717) is 18.2 Å². The molecule has 0 saturated carbocycles. The average Bonchev–Trinajstić information content (AvgIpc) is 3.23. The first kappa shape index (κ1) is 24.3. The van der Waals surface area contributed by atoms with Crippen molar-refractivity contribution in [3.63, 3.8) is 0 Å². The standard InChI is InChI=1S/C26H31N5O4/c1-4-18-11-8-12-21(15-18)35-17-20(32)16-31-22-23(29(2)26(34)30(3)24(22)33)28-25(31)27-14-13-19-9-6-5-7-10-19/h5-12,15,20,32H,4,13-14,16-17H2,1-3H3,(H,27,28)/t20-/m0/s1. The number of aliphatic hydroxyl groups is 1. The first-order valence-corrected chi connectivity index (χ1v) is 11.7. The van der Waals surface area contributed by atoms with Crippen molar-refractivity contribution in [3.05, 3.63) is 86.6 Å². The molecule has 4 rings (SSSR count). The summed E-state index contributed by atoms with van der Waals surface area (Å²) < 4.78 is 9.83. The van der Waals surface area contributed by atoms with Crippen LogP contribution in [0.4, 0.5) is 5.95 Å². The molecule has 0 bridgehead atoms. The van der Waals surface area contributed by atoms with Gasteiger partial charge in [0, 0.05) is 20.6 Å². The molecule has 0 amide bonds. The predicted molar refractivity (Wildman–Crippen MR) is 136 cm³/mol. The third kappa shape index (κ3) is 5.30. The molecule has 184 valence electrons. The summed E-state index contributed by atoms with van der Waals surface area (Å²) in [5.74, 6) is 1.10. The molecule has 0 radical (unpaired) electrons. The lowest BCUT2D eigenvalue weighted by molar-refractivity contribution is 0.0938. The third-order valence-corrected chi connectivity index (χ3v) is 6.03. The molecule has 2 heterocycles. The smallest absolute Gasteiger partial charge is 0.332 e. The molecular weight excluding hydrogens is 446 g/mol. The largest absolute Gasteiger partial charge is 0.491 e. The number of benzene rings is 2. The Morgan fingerprint density at radius 3 is 2.51 bits per heavy atom. The second-order valence-corrected chi connectivity index (χ2v) is 8.55. The highest BCUT2D eigenvalue weighted by Gasteiger charge is 2.21. The molecule has 0 aliphatic rings. The summed E-state index contributed by atoms with van der Waals surface area (Å²) >= 11 is 0. The van der Waals surface area contributed by atoms with E-state index in [4.69, 9.17) is 4.74 Å². The van der Waals surface area contributed by atoms with Gasteiger partial charge in [0.05, 0.1) is 6.54 Å². The lowest BCUT2D eigenvalue weighted by Gasteiger charge is -2.16. The van der Waals surface area contributed by atoms with Crippen LogP contribution in [-0.2, 0) is 33.5 Å². The number of hydrogen-bond acceptors (Lipinski definition) is 6. The van der Waals surface area contributed by atoms with E-state index in [1.165, 1.54) is 11.6 Å². The van der Waals surface area contributed by atoms with Crippen LogP contribution >= 0.6 is 0 Å². The molecule has 2 aromatic carbocycles. The van der Waals surface area contributed by atoms with E-state index in [1.54, 1.807) is 11.6 Å². The molecule has 9 heteroatoms. The van der Waals surface area contributed by atoms with Crippen LogP contribution in [0.15, 0.2) is 64.2 Å². The first-order valence-electron chi connectivity index (χ1n) is 11.7. The van der Waals surface area contributed by atoms with E-state index in [2.05, 4.69) is 17.2 Å². The lowest BCUT2D eigenvalue weighted by Crippen LogP contribution is -2.38. The summed E-state index contributed by atoms with van der Waals surface area (Å²) in [7, 11) is 3.01. The van der Waals surface area contributed by atoms with Gasteiger partial charge < -0.3 is 19.7 Å². The fraction of sp³-hybridized carbons (Fsp3) is 0.346. The van der Waals surface area contributed by atoms with Crippen molar-refractivity contribution in [2.45, 2.75) is 32.4 Å². The van der Waals surface area contributed by atoms with Crippen LogP contribution in [0.1, 0.15) is 18.1 Å². The van der Waals surface area contributed by atoms with Crippen LogP contribution in [0.2, 0.25) is 0 Å². The summed E-state index contributed by atoms with van der Waals surface area (Å²) in [6.07, 6.45) is 0.732. The van der Waals surface area contributed by atoms with Crippen LogP contribution in [0.3, 0.4) is 0 Å². The van der Waals surface area contributed by atoms with Gasteiger partial charge in [-0.1, -0.05) is 49.4 Å². The summed E-state index contributed by atoms with van der Waals surface area (Å²) in [6.45, 7) is 2.75. The predicted octanol–water partition coefficient (Wildman–Crippen LogP) is 2.09. The zero-order chi connectivity index (χ0) is 24.9. The van der Waals surface area contributed by atoms with E-state index < -0.39 is 17.4 Å². The van der Waals surface area contributed by atoms with E-state index >= 15 is 0 Å². The van der Waals surface area contributed by atoms with Crippen LogP contribution in [0.5, 0.6) is 5.75 Å². The Morgan fingerprint density at radius 1 is 1.03 bits per heavy atom. The van der Waals surface area contributed by atoms with Crippen LogP contribution in [-0.4, -0.2) is 43.0 Å². The van der Waals surface area contributed by atoms with Gasteiger partial charge in [-0.25, -0.2) is 4.79 Å². The Balaban J connectivity index is 1.59. The lowest BCUT2D eigenvalue weighted by atomic mass is 10.1. The van der Waals surface area contributed by atoms with Gasteiger partial charge in [-0.2, -0.15) is 4.98 Å². The van der Waals surface area contributed by atoms with Crippen molar-refractivity contribution in [2.75, 3.05) is 18.5 Å². The molecule has 9 nitrogen and oxygen atoms in total. The van der Waals surface area contributed by atoms with E-state index in [1.807, 2.05) is 54.6 Å². The van der Waals surface area contributed by atoms with Gasteiger partial charge in [-0.05, 0) is 36.1 Å². The zero-order valence-electron chi connectivity index (χ0n) is 20.3. The van der Waals surface area contributed by atoms with Crippen LogP contribution in [0.25, 0.3) is 11.2 Å². The Kier molecular flexibility index (Phi) is 7.36. The molecule has 0 aliphatic carbocycles. The second kappa shape index (κ2) is 10.6. The Morgan fingerprint density at radius 2 is 1.77 bits per heavy atom. The van der Waals surface area contributed by atoms with E-state index in [-0.39, 0.29) is 24.3 Å². The highest BCUT2D eigenvalue weighted by atomic mass is 16.5. The van der Waals surface area contributed by atoms with Gasteiger partial charge in [0.2, 0.25) is 5.95 Å². The van der Waals surface area contributed by atoms with Crippen molar-refractivity contribution >= 4 is 17.1 Å². The van der Waals surface area contributed by atoms with Gasteiger partial charge in [-0.15, -0.1) is 0 Å². The summed E-state index contributed by atoms with van der Waals surface area (Å²) in [4.78, 5) is 30.0. The van der Waals surface area contributed by atoms with Gasteiger partial charge in [0.1, 0.15) is 18.5 Å². The number of aryl methyl sites for hydroxylation is 2. The number of aromatic nitrogens is 4. The van der Waals surface area contributed by atoms with Gasteiger partial charge >= 0.3 is 5.69 Å². The molecule has 1 atom stereocenters. The Bertz CT molecular complexity index is 1420. The molecule has 2 N–H and O–H groups in total. The van der Waals surface area contributed by atoms with Crippen LogP contribution in [0, 0.1) is 0 Å². The maximum atomic E-state index is 13.0. The number of ether oxygens (including phenoxy) is 1. The molecule has 0 aliphatic heterocycles. The van der Waals surface area contributed by atoms with Crippen molar-refractivity contribution in [1.29, 1.82) is 0 Å². The number of imidazole rings is 1. The number of nitrogens with one attached hydrogen (secondary N) is 1. The highest BCUT2D eigenvalue weighted by molar-refractivity contribution is 5.74. The number of fused-ring (bicyclic) bond motifs is 1. The summed E-state index contributed by atoms with van der Waals surface area (Å²) in [6, 6.07) is 17.7. The maximum Gasteiger partial charge on any atom is 0.332 e. The molecular formula is C26H31N5O4. The average molecular weight is 478 g/mol. The number of rotatable bonds is 10. The number of hydrogen-bond donors (Lipinski definition) is 2. The molecule has 2 aromatic heterocycles. The number of nitrogens with zero attached hydrogens (tertiary/aromatic N) is 4. The Hall–Kier alpha value is -3.85. The fourth-order valence-electron chi connectivity index (χ4n) is 4.03. The molecule has 0 fully saturated rings. The summed E-state index contributed by atoms with van der Waals surface area (Å²) in [5, 5.41) is 14.1. The SMILES string of the molecule is CCc1cccc(OC[C@@H](O)Cn2c(NCCc3ccccc3)nc3c2c(=O)n(C)c(=O)n3C)c1. The maximum absolute atomic E-state index is 13.0. The molecule has 0 unspecified atom stereocenters. The van der Waals surface area contributed by atoms with Gasteiger partial charge in [-0.3, -0.25) is 13.9 Å². The molecule has 4 aromatic rings. The van der Waals surface area contributed by atoms with Crippen molar-refractivity contribution in [2.24, 2.45) is 14.1 Å². The minimum absolute atomic E-state index is 0.0440. The molecule has 0 spiro atoms. The summed E-state index contributed by atoms with van der Waals surface area (Å²) in [5.41, 5.74) is 1.91. The number of anilines is 1. The van der Waals surface area contributed by atoms with Crippen molar-refractivity contribution in [1.82, 2.24) is 18.7 Å². The minimum atomic E-state index is -0.908. The minimum Gasteiger partial charge on any atom is -0.491 e. The van der Waals surface area contributed by atoms with Crippen molar-refractivity contribution in [3.8, 4) is 5.75 Å². The fourth-order valence-corrected chi connectivity index (χ4v) is 4.03. The quantitative estimate of drug-likeness (QED) is 0.363. The molecule has 35 heavy (non-hydrogen) atoms. The first-order chi connectivity index (χ1) is 16.9. The molecule has 0 saturated heterocycles. The highest BCUT2D eigenvalue weighted by Crippen LogP contribution is 2.18. The zero-order valence-corrected chi connectivity index (χ0v) is 20.3. The van der Waals surface area contributed by atoms with Crippen LogP contribution < -0.4 is 21.3 Å². The van der Waals surface area contributed by atoms with Gasteiger partial charge in [0.15, 0.2) is 11.2 Å². The normalized spacial score (nSPS) is 12.1. The van der Waals surface area contributed by atoms with Crippen molar-refractivity contribution < 1.29 is 9.84 Å².